The number of hydrogen-bond donors (Lipinski definition) is 1. The van der Waals surface area contributed by atoms with E-state index < -0.39 is 5.82 Å². The number of rotatable bonds is 7. The number of tetrazole rings is 1. The van der Waals surface area contributed by atoms with Crippen molar-refractivity contribution in [1.29, 1.82) is 0 Å². The summed E-state index contributed by atoms with van der Waals surface area (Å²) in [6.45, 7) is 3.92. The Bertz CT molecular complexity index is 620. The van der Waals surface area contributed by atoms with E-state index >= 15 is 0 Å². The van der Waals surface area contributed by atoms with Gasteiger partial charge in [-0.3, -0.25) is 4.79 Å². The fourth-order valence-corrected chi connectivity index (χ4v) is 2.76. The Morgan fingerprint density at radius 1 is 1.50 bits per heavy atom. The highest BCUT2D eigenvalue weighted by molar-refractivity contribution is 8.00. The van der Waals surface area contributed by atoms with Gasteiger partial charge in [0.25, 0.3) is 0 Å². The molecule has 2 aromatic rings. The molecule has 118 valence electrons. The van der Waals surface area contributed by atoms with E-state index in [1.54, 1.807) is 17.8 Å². The zero-order valence-corrected chi connectivity index (χ0v) is 13.3. The smallest absolute Gasteiger partial charge is 0.237 e. The zero-order chi connectivity index (χ0) is 15.9. The van der Waals surface area contributed by atoms with Crippen LogP contribution in [-0.2, 0) is 4.79 Å². The quantitative estimate of drug-likeness (QED) is 0.793. The van der Waals surface area contributed by atoms with E-state index in [0.717, 1.165) is 18.6 Å². The summed E-state index contributed by atoms with van der Waals surface area (Å²) in [5, 5.41) is 13.2. The van der Waals surface area contributed by atoms with E-state index in [1.165, 1.54) is 23.1 Å². The molecule has 0 aliphatic rings. The van der Waals surface area contributed by atoms with E-state index in [1.807, 2.05) is 6.92 Å². The van der Waals surface area contributed by atoms with Crippen molar-refractivity contribution in [3.05, 3.63) is 30.3 Å². The number of nitrogens with one attached hydrogen (secondary N) is 1. The third-order valence-electron chi connectivity index (χ3n) is 3.06. The molecular formula is C14H18FN5OS. The summed E-state index contributed by atoms with van der Waals surface area (Å²) in [6.07, 6.45) is 3.55. The fraction of sp³-hybridized carbons (Fsp3) is 0.429. The molecule has 1 aromatic heterocycles. The minimum atomic E-state index is -0.490. The van der Waals surface area contributed by atoms with Crippen molar-refractivity contribution < 1.29 is 9.18 Å². The Morgan fingerprint density at radius 2 is 2.32 bits per heavy atom. The largest absolute Gasteiger partial charge is 0.323 e. The van der Waals surface area contributed by atoms with Gasteiger partial charge in [-0.1, -0.05) is 13.3 Å². The van der Waals surface area contributed by atoms with Crippen molar-refractivity contribution >= 4 is 23.4 Å². The molecule has 2 rings (SSSR count). The van der Waals surface area contributed by atoms with Crippen LogP contribution in [0.5, 0.6) is 0 Å². The Labute approximate surface area is 132 Å². The molecule has 0 fully saturated rings. The van der Waals surface area contributed by atoms with Crippen LogP contribution < -0.4 is 5.32 Å². The van der Waals surface area contributed by atoms with E-state index in [2.05, 4.69) is 27.8 Å². The van der Waals surface area contributed by atoms with Crippen LogP contribution in [0.3, 0.4) is 0 Å². The summed E-state index contributed by atoms with van der Waals surface area (Å²) >= 11 is 1.56. The van der Waals surface area contributed by atoms with Crippen LogP contribution in [0.25, 0.3) is 5.69 Å². The number of carbonyl (C=O) groups excluding carboxylic acids is 1. The monoisotopic (exact) mass is 323 g/mol. The van der Waals surface area contributed by atoms with Gasteiger partial charge < -0.3 is 5.32 Å². The number of nitrogens with zero attached hydrogens (tertiary/aromatic N) is 4. The molecule has 0 bridgehead atoms. The standard InChI is InChI=1S/C14H18FN5OS/c1-3-4-7-22-10(2)14(21)17-13-8-11(5-6-12(13)15)20-9-16-18-19-20/h5-6,8-10H,3-4,7H2,1-2H3,(H,17,21)/t10-/m1/s1. The molecule has 1 atom stereocenters. The van der Waals surface area contributed by atoms with E-state index in [9.17, 15) is 9.18 Å². The summed E-state index contributed by atoms with van der Waals surface area (Å²) in [5.74, 6) is 0.211. The molecule has 1 heterocycles. The fourth-order valence-electron chi connectivity index (χ4n) is 1.75. The number of thioether (sulfide) groups is 1. The summed E-state index contributed by atoms with van der Waals surface area (Å²) in [6, 6.07) is 4.33. The molecule has 8 heteroatoms. The average molecular weight is 323 g/mol. The van der Waals surface area contributed by atoms with Gasteiger partial charge in [0.05, 0.1) is 16.6 Å². The number of halogens is 1. The van der Waals surface area contributed by atoms with Crippen molar-refractivity contribution in [2.75, 3.05) is 11.1 Å². The van der Waals surface area contributed by atoms with Gasteiger partial charge >= 0.3 is 0 Å². The van der Waals surface area contributed by atoms with Crippen molar-refractivity contribution in [1.82, 2.24) is 20.2 Å². The van der Waals surface area contributed by atoms with Gasteiger partial charge in [-0.05, 0) is 47.7 Å². The van der Waals surface area contributed by atoms with E-state index in [0.29, 0.717) is 5.69 Å². The van der Waals surface area contributed by atoms with Crippen LogP contribution in [0, 0.1) is 5.82 Å². The van der Waals surface area contributed by atoms with Crippen molar-refractivity contribution in [3.8, 4) is 5.69 Å². The van der Waals surface area contributed by atoms with Gasteiger partial charge in [0.1, 0.15) is 12.1 Å². The molecule has 6 nitrogen and oxygen atoms in total. The van der Waals surface area contributed by atoms with E-state index in [4.69, 9.17) is 0 Å². The normalized spacial score (nSPS) is 12.1. The summed E-state index contributed by atoms with van der Waals surface area (Å²) in [5.41, 5.74) is 0.703. The van der Waals surface area contributed by atoms with Gasteiger partial charge in [-0.2, -0.15) is 0 Å². The molecule has 0 radical (unpaired) electrons. The number of amides is 1. The summed E-state index contributed by atoms with van der Waals surface area (Å²) in [4.78, 5) is 12.1. The second-order valence-electron chi connectivity index (χ2n) is 4.77. The van der Waals surface area contributed by atoms with Crippen molar-refractivity contribution in [2.24, 2.45) is 0 Å². The van der Waals surface area contributed by atoms with Crippen LogP contribution in [0.4, 0.5) is 10.1 Å². The first kappa shape index (κ1) is 16.4. The van der Waals surface area contributed by atoms with Gasteiger partial charge in [0.2, 0.25) is 5.91 Å². The first-order valence-corrected chi connectivity index (χ1v) is 8.12. The first-order chi connectivity index (χ1) is 10.6. The molecule has 22 heavy (non-hydrogen) atoms. The SMILES string of the molecule is CCCCS[C@H](C)C(=O)Nc1cc(-n2cnnn2)ccc1F. The summed E-state index contributed by atoms with van der Waals surface area (Å²) in [7, 11) is 0. The van der Waals surface area contributed by atoms with Gasteiger partial charge in [0.15, 0.2) is 0 Å². The van der Waals surface area contributed by atoms with Crippen LogP contribution in [-0.4, -0.2) is 37.1 Å². The van der Waals surface area contributed by atoms with Crippen LogP contribution in [0.2, 0.25) is 0 Å². The Balaban J connectivity index is 2.05. The average Bonchev–Trinajstić information content (AvgIpc) is 3.04. The molecule has 0 saturated carbocycles. The van der Waals surface area contributed by atoms with Gasteiger partial charge in [0, 0.05) is 0 Å². The molecule has 1 amide bonds. The summed E-state index contributed by atoms with van der Waals surface area (Å²) < 4.78 is 15.3. The lowest BCUT2D eigenvalue weighted by Gasteiger charge is -2.13. The lowest BCUT2D eigenvalue weighted by Crippen LogP contribution is -2.23. The van der Waals surface area contributed by atoms with E-state index in [-0.39, 0.29) is 16.8 Å². The van der Waals surface area contributed by atoms with Crippen molar-refractivity contribution in [3.63, 3.8) is 0 Å². The molecule has 0 aliphatic heterocycles. The first-order valence-electron chi connectivity index (χ1n) is 7.07. The lowest BCUT2D eigenvalue weighted by atomic mass is 10.2. The number of benzene rings is 1. The maximum atomic E-state index is 13.9. The molecule has 0 aliphatic carbocycles. The molecule has 1 aromatic carbocycles. The minimum absolute atomic E-state index is 0.126. The highest BCUT2D eigenvalue weighted by Crippen LogP contribution is 2.20. The molecule has 0 unspecified atom stereocenters. The maximum absolute atomic E-state index is 13.9. The van der Waals surface area contributed by atoms with Crippen LogP contribution >= 0.6 is 11.8 Å². The number of aromatic nitrogens is 4. The number of unbranched alkanes of at least 4 members (excludes halogenated alkanes) is 1. The van der Waals surface area contributed by atoms with Crippen molar-refractivity contribution in [2.45, 2.75) is 31.9 Å². The Kier molecular flexibility index (Phi) is 5.88. The van der Waals surface area contributed by atoms with Gasteiger partial charge in [-0.25, -0.2) is 9.07 Å². The lowest BCUT2D eigenvalue weighted by molar-refractivity contribution is -0.115. The molecule has 0 spiro atoms. The molecular weight excluding hydrogens is 305 g/mol. The number of carbonyl (C=O) groups is 1. The predicted molar refractivity (Wildman–Crippen MR) is 84.6 cm³/mol. The third-order valence-corrected chi connectivity index (χ3v) is 4.29. The van der Waals surface area contributed by atoms with Crippen LogP contribution in [0.15, 0.2) is 24.5 Å². The highest BCUT2D eigenvalue weighted by atomic mass is 32.2. The zero-order valence-electron chi connectivity index (χ0n) is 12.5. The highest BCUT2D eigenvalue weighted by Gasteiger charge is 2.15. The maximum Gasteiger partial charge on any atom is 0.237 e. The Morgan fingerprint density at radius 3 is 3.00 bits per heavy atom. The third kappa shape index (κ3) is 4.27. The second-order valence-corrected chi connectivity index (χ2v) is 6.22. The molecule has 0 saturated heterocycles. The topological polar surface area (TPSA) is 72.7 Å². The Hall–Kier alpha value is -1.96. The predicted octanol–water partition coefficient (Wildman–Crippen LogP) is 2.66. The second kappa shape index (κ2) is 7.88. The number of anilines is 1. The van der Waals surface area contributed by atoms with Crippen LogP contribution in [0.1, 0.15) is 26.7 Å². The van der Waals surface area contributed by atoms with Gasteiger partial charge in [-0.15, -0.1) is 16.9 Å². The molecule has 1 N–H and O–H groups in total. The minimum Gasteiger partial charge on any atom is -0.323 e. The number of hydrogen-bond acceptors (Lipinski definition) is 5.